The van der Waals surface area contributed by atoms with E-state index in [0.717, 1.165) is 50.8 Å². The molecule has 1 aromatic heterocycles. The van der Waals surface area contributed by atoms with Crippen LogP contribution in [0.3, 0.4) is 0 Å². The van der Waals surface area contributed by atoms with Gasteiger partial charge < -0.3 is 20.7 Å². The highest BCUT2D eigenvalue weighted by molar-refractivity contribution is 5.82. The molecule has 6 heteroatoms. The lowest BCUT2D eigenvalue weighted by Gasteiger charge is -2.57. The van der Waals surface area contributed by atoms with Crippen LogP contribution in [0.5, 0.6) is 0 Å². The van der Waals surface area contributed by atoms with Crippen molar-refractivity contribution in [1.82, 2.24) is 9.88 Å². The fraction of sp³-hybridized carbons (Fsp3) is 0.606. The van der Waals surface area contributed by atoms with Crippen molar-refractivity contribution in [2.45, 2.75) is 92.8 Å². The van der Waals surface area contributed by atoms with Gasteiger partial charge in [-0.15, -0.1) is 0 Å². The molecule has 204 valence electrons. The molecule has 0 amide bonds. The summed E-state index contributed by atoms with van der Waals surface area (Å²) in [7, 11) is 0. The molecule has 9 rings (SSSR count). The molecule has 4 aliphatic carbocycles. The summed E-state index contributed by atoms with van der Waals surface area (Å²) in [4.78, 5) is 6.71. The van der Waals surface area contributed by atoms with E-state index in [2.05, 4.69) is 53.2 Å². The molecule has 2 saturated heterocycles. The van der Waals surface area contributed by atoms with E-state index in [1.807, 2.05) is 12.4 Å². The van der Waals surface area contributed by atoms with Gasteiger partial charge in [0.1, 0.15) is 6.10 Å². The minimum absolute atomic E-state index is 0.115. The Morgan fingerprint density at radius 3 is 2.87 bits per heavy atom. The SMILES string of the molecule is C[C@]12CC=C3C=C4[C@H](O)[C@H](O)[C@@H](N5CC[C@@H](N)C5)C[C@]45CCC3(O5)[C@@H]1C[C@H]1C[C@]12c1ccc2ccncc2c1. The molecule has 6 nitrogen and oxygen atoms in total. The predicted octanol–water partition coefficient (Wildman–Crippen LogP) is 3.60. The maximum atomic E-state index is 11.4. The first-order chi connectivity index (χ1) is 18.8. The molecule has 39 heavy (non-hydrogen) atoms. The van der Waals surface area contributed by atoms with Gasteiger partial charge in [0.15, 0.2) is 0 Å². The largest absolute Gasteiger partial charge is 0.388 e. The van der Waals surface area contributed by atoms with E-state index < -0.39 is 17.8 Å². The molecule has 2 spiro atoms. The summed E-state index contributed by atoms with van der Waals surface area (Å²) >= 11 is 0. The Hall–Kier alpha value is -2.09. The van der Waals surface area contributed by atoms with Gasteiger partial charge in [-0.1, -0.05) is 31.2 Å². The quantitative estimate of drug-likeness (QED) is 0.555. The number of allylic oxidation sites excluding steroid dienone is 1. The second-order valence-corrected chi connectivity index (χ2v) is 14.2. The van der Waals surface area contributed by atoms with Crippen LogP contribution in [0.2, 0.25) is 0 Å². The number of nitrogens with zero attached hydrogens (tertiary/aromatic N) is 2. The monoisotopic (exact) mass is 525 g/mol. The summed E-state index contributed by atoms with van der Waals surface area (Å²) in [5.41, 5.74) is 9.45. The molecule has 10 atom stereocenters. The Kier molecular flexibility index (Phi) is 4.48. The van der Waals surface area contributed by atoms with Crippen molar-refractivity contribution in [3.63, 3.8) is 0 Å². The molecule has 4 heterocycles. The number of likely N-dealkylation sites (tertiary alicyclic amines) is 1. The van der Waals surface area contributed by atoms with Crippen LogP contribution in [0.1, 0.15) is 57.4 Å². The standard InChI is InChI=1S/C33H39N3O3/c1-30-7-4-22-13-25-28(37)29(38)26(36-11-6-24(34)18-36)16-31(25)8-9-33(22,39-31)27(30)14-23-15-32(23,30)21-3-2-19-5-10-35-17-20(19)12-21/h2-5,10,12-13,17,23-24,26-29,37-38H,6-9,11,14-16,18,34H2,1H3/t23-,24+,26-,27+,28-,29+,30-,31+,32-,33?/m0/s1. The summed E-state index contributed by atoms with van der Waals surface area (Å²) in [5.74, 6) is 1.14. The summed E-state index contributed by atoms with van der Waals surface area (Å²) in [6, 6.07) is 9.21. The van der Waals surface area contributed by atoms with Crippen LogP contribution >= 0.6 is 0 Å². The first-order valence-corrected chi connectivity index (χ1v) is 15.1. The number of aliphatic hydroxyl groups excluding tert-OH is 2. The third-order valence-electron chi connectivity index (χ3n) is 12.8. The molecular formula is C33H39N3O3. The molecule has 0 radical (unpaired) electrons. The lowest BCUT2D eigenvalue weighted by molar-refractivity contribution is -0.170. The van der Waals surface area contributed by atoms with Gasteiger partial charge in [0.2, 0.25) is 0 Å². The van der Waals surface area contributed by atoms with Crippen molar-refractivity contribution in [2.75, 3.05) is 13.1 Å². The van der Waals surface area contributed by atoms with Crippen LogP contribution in [0.4, 0.5) is 0 Å². The number of nitrogens with two attached hydrogens (primary N) is 1. The van der Waals surface area contributed by atoms with E-state index in [1.54, 1.807) is 0 Å². The Morgan fingerprint density at radius 1 is 1.13 bits per heavy atom. The van der Waals surface area contributed by atoms with Gasteiger partial charge in [-0.3, -0.25) is 9.88 Å². The number of benzene rings is 1. The van der Waals surface area contributed by atoms with Crippen LogP contribution in [0.25, 0.3) is 10.8 Å². The van der Waals surface area contributed by atoms with E-state index in [9.17, 15) is 10.2 Å². The van der Waals surface area contributed by atoms with Gasteiger partial charge in [-0.2, -0.15) is 0 Å². The highest BCUT2D eigenvalue weighted by Crippen LogP contribution is 2.80. The van der Waals surface area contributed by atoms with Crippen molar-refractivity contribution < 1.29 is 14.9 Å². The average Bonchev–Trinajstić information content (AvgIpc) is 3.24. The maximum Gasteiger partial charge on any atom is 0.105 e. The third-order valence-corrected chi connectivity index (χ3v) is 12.8. The topological polar surface area (TPSA) is 91.8 Å². The van der Waals surface area contributed by atoms with Gasteiger partial charge in [0.25, 0.3) is 0 Å². The molecule has 2 aromatic rings. The van der Waals surface area contributed by atoms with Crippen LogP contribution in [0.15, 0.2) is 60.0 Å². The zero-order chi connectivity index (χ0) is 26.4. The van der Waals surface area contributed by atoms with E-state index >= 15 is 0 Å². The van der Waals surface area contributed by atoms with Crippen LogP contribution < -0.4 is 5.73 Å². The number of aliphatic hydroxyl groups is 2. The molecule has 7 aliphatic rings. The van der Waals surface area contributed by atoms with Crippen molar-refractivity contribution in [1.29, 1.82) is 0 Å². The maximum absolute atomic E-state index is 11.4. The zero-order valence-electron chi connectivity index (χ0n) is 22.7. The van der Waals surface area contributed by atoms with E-state index in [4.69, 9.17) is 10.5 Å². The fourth-order valence-corrected chi connectivity index (χ4v) is 10.8. The van der Waals surface area contributed by atoms with Crippen LogP contribution in [-0.4, -0.2) is 68.7 Å². The normalized spacial score (nSPS) is 49.6. The number of fused-ring (bicyclic) bond motifs is 4. The van der Waals surface area contributed by atoms with Gasteiger partial charge in [-0.25, -0.2) is 0 Å². The molecule has 1 aromatic carbocycles. The van der Waals surface area contributed by atoms with Gasteiger partial charge in [-0.05, 0) is 96.4 Å². The first-order valence-electron chi connectivity index (χ1n) is 15.1. The molecule has 1 unspecified atom stereocenters. The van der Waals surface area contributed by atoms with Crippen LogP contribution in [-0.2, 0) is 10.2 Å². The second-order valence-electron chi connectivity index (χ2n) is 14.2. The number of pyridine rings is 1. The van der Waals surface area contributed by atoms with Crippen molar-refractivity contribution >= 4 is 10.8 Å². The number of ether oxygens (including phenoxy) is 1. The lowest BCUT2D eigenvalue weighted by Crippen LogP contribution is -2.63. The average molecular weight is 526 g/mol. The molecule has 4 N–H and O–H groups in total. The Balaban J connectivity index is 1.11. The molecule has 5 fully saturated rings. The third kappa shape index (κ3) is 2.73. The predicted molar refractivity (Wildman–Crippen MR) is 149 cm³/mol. The minimum Gasteiger partial charge on any atom is -0.388 e. The zero-order valence-corrected chi connectivity index (χ0v) is 22.7. The molecule has 3 aliphatic heterocycles. The first kappa shape index (κ1) is 23.6. The highest BCUT2D eigenvalue weighted by Gasteiger charge is 2.78. The van der Waals surface area contributed by atoms with E-state index in [1.165, 1.54) is 34.8 Å². The summed E-state index contributed by atoms with van der Waals surface area (Å²) < 4.78 is 7.44. The second kappa shape index (κ2) is 7.40. The van der Waals surface area contributed by atoms with Crippen molar-refractivity contribution in [2.24, 2.45) is 23.0 Å². The number of hydrogen-bond acceptors (Lipinski definition) is 6. The summed E-state index contributed by atoms with van der Waals surface area (Å²) in [6.07, 6.45) is 14.0. The molecule has 3 saturated carbocycles. The van der Waals surface area contributed by atoms with E-state index in [-0.39, 0.29) is 28.5 Å². The smallest absolute Gasteiger partial charge is 0.105 e. The molecular weight excluding hydrogens is 486 g/mol. The van der Waals surface area contributed by atoms with Gasteiger partial charge in [0.05, 0.1) is 17.3 Å². The fourth-order valence-electron chi connectivity index (χ4n) is 10.8. The van der Waals surface area contributed by atoms with Gasteiger partial charge >= 0.3 is 0 Å². The summed E-state index contributed by atoms with van der Waals surface area (Å²) in [6.45, 7) is 4.21. The van der Waals surface area contributed by atoms with E-state index in [0.29, 0.717) is 11.8 Å². The van der Waals surface area contributed by atoms with Crippen LogP contribution in [0, 0.1) is 17.3 Å². The Morgan fingerprint density at radius 2 is 2.03 bits per heavy atom. The Labute approximate surface area is 229 Å². The Bertz CT molecular complexity index is 1470. The van der Waals surface area contributed by atoms with Gasteiger partial charge in [0, 0.05) is 48.4 Å². The minimum atomic E-state index is -0.889. The molecule has 2 bridgehead atoms. The van der Waals surface area contributed by atoms with Crippen molar-refractivity contribution in [3.05, 3.63) is 65.5 Å². The highest BCUT2D eigenvalue weighted by atomic mass is 16.5. The number of aromatic nitrogens is 1. The number of rotatable bonds is 2. The number of hydrogen-bond donors (Lipinski definition) is 3. The lowest BCUT2D eigenvalue weighted by atomic mass is 9.55. The van der Waals surface area contributed by atoms with Crippen molar-refractivity contribution in [3.8, 4) is 0 Å². The summed E-state index contributed by atoms with van der Waals surface area (Å²) in [5, 5.41) is 25.2.